The molecule has 1 aromatic carbocycles. The molecule has 1 amide bonds. The number of carbonyl (C=O) groups excluding carboxylic acids is 1. The van der Waals surface area contributed by atoms with E-state index in [2.05, 4.69) is 11.4 Å². The van der Waals surface area contributed by atoms with Gasteiger partial charge >= 0.3 is 0 Å². The number of likely N-dealkylation sites (tertiary alicyclic amines) is 1. The zero-order valence-electron chi connectivity index (χ0n) is 14.8. The second-order valence-corrected chi connectivity index (χ2v) is 6.82. The first-order valence-corrected chi connectivity index (χ1v) is 8.95. The molecule has 25 heavy (non-hydrogen) atoms. The van der Waals surface area contributed by atoms with Gasteiger partial charge in [-0.05, 0) is 44.7 Å². The van der Waals surface area contributed by atoms with Crippen molar-refractivity contribution in [1.82, 2.24) is 10.2 Å². The van der Waals surface area contributed by atoms with Crippen LogP contribution in [0.25, 0.3) is 0 Å². The average molecular weight is 343 g/mol. The Kier molecular flexibility index (Phi) is 5.14. The van der Waals surface area contributed by atoms with Crippen LogP contribution in [0, 0.1) is 18.3 Å². The average Bonchev–Trinajstić information content (AvgIpc) is 3.23. The lowest BCUT2D eigenvalue weighted by atomic mass is 9.91. The summed E-state index contributed by atoms with van der Waals surface area (Å²) in [5, 5.41) is 22.4. The molecule has 0 aliphatic carbocycles. The number of aryl methyl sites for hydroxylation is 1. The molecular formula is C19H25N3O3. The predicted octanol–water partition coefficient (Wildman–Crippen LogP) is 2.06. The molecule has 2 aliphatic heterocycles. The summed E-state index contributed by atoms with van der Waals surface area (Å²) in [5.74, 6) is 1.06. The van der Waals surface area contributed by atoms with Crippen LogP contribution in [0.1, 0.15) is 43.2 Å². The minimum Gasteiger partial charge on any atom is -0.508 e. The number of phenols is 1. The van der Waals surface area contributed by atoms with Crippen LogP contribution in [-0.4, -0.2) is 47.7 Å². The molecule has 2 heterocycles. The van der Waals surface area contributed by atoms with Crippen molar-refractivity contribution in [2.24, 2.45) is 0 Å². The van der Waals surface area contributed by atoms with Crippen LogP contribution in [0.3, 0.4) is 0 Å². The molecule has 3 atom stereocenters. The Morgan fingerprint density at radius 3 is 3.04 bits per heavy atom. The van der Waals surface area contributed by atoms with E-state index in [1.807, 2.05) is 13.8 Å². The van der Waals surface area contributed by atoms with E-state index in [0.29, 0.717) is 31.9 Å². The summed E-state index contributed by atoms with van der Waals surface area (Å²) in [6.45, 7) is 5.75. The maximum absolute atomic E-state index is 12.8. The number of nitriles is 1. The summed E-state index contributed by atoms with van der Waals surface area (Å²) in [4.78, 5) is 14.5. The van der Waals surface area contributed by atoms with E-state index in [4.69, 9.17) is 4.74 Å². The van der Waals surface area contributed by atoms with E-state index >= 15 is 0 Å². The molecule has 6 nitrogen and oxygen atoms in total. The van der Waals surface area contributed by atoms with Crippen molar-refractivity contribution in [3.05, 3.63) is 23.3 Å². The first kappa shape index (κ1) is 17.6. The maximum atomic E-state index is 12.8. The van der Waals surface area contributed by atoms with Crippen LogP contribution in [0.5, 0.6) is 11.5 Å². The Hall–Kier alpha value is -2.26. The van der Waals surface area contributed by atoms with Crippen LogP contribution < -0.4 is 10.1 Å². The third kappa shape index (κ3) is 3.42. The molecule has 0 bridgehead atoms. The van der Waals surface area contributed by atoms with Gasteiger partial charge in [0.05, 0.1) is 18.7 Å². The molecule has 2 saturated heterocycles. The van der Waals surface area contributed by atoms with Gasteiger partial charge in [-0.2, -0.15) is 5.26 Å². The monoisotopic (exact) mass is 343 g/mol. The van der Waals surface area contributed by atoms with Gasteiger partial charge in [-0.15, -0.1) is 0 Å². The highest BCUT2D eigenvalue weighted by Gasteiger charge is 2.38. The summed E-state index contributed by atoms with van der Waals surface area (Å²) >= 11 is 0. The standard InChI is InChI=1S/C19H25N3O3/c1-3-25-17-9-15(23)7-12(2)18(17)13-8-16(21-11-13)19(24)22-6-4-5-14(22)10-20/h7,9,13-14,16,21,23H,3-6,8,11H2,1-2H3/t13-,14-,16-/m0/s1. The number of carbonyl (C=O) groups is 1. The Labute approximate surface area is 148 Å². The molecule has 2 aliphatic rings. The normalized spacial score (nSPS) is 25.8. The zero-order valence-corrected chi connectivity index (χ0v) is 14.8. The number of phenolic OH excluding ortho intramolecular Hbond substituents is 1. The molecule has 3 rings (SSSR count). The number of aromatic hydroxyl groups is 1. The SMILES string of the molecule is CCOc1cc(O)cc(C)c1[C@@H]1CN[C@H](C(=O)N2CCC[C@H]2C#N)C1. The zero-order chi connectivity index (χ0) is 18.0. The van der Waals surface area contributed by atoms with Crippen molar-refractivity contribution >= 4 is 5.91 Å². The number of nitrogens with one attached hydrogen (secondary N) is 1. The minimum atomic E-state index is -0.289. The van der Waals surface area contributed by atoms with E-state index < -0.39 is 0 Å². The first-order chi connectivity index (χ1) is 12.0. The number of ether oxygens (including phenoxy) is 1. The largest absolute Gasteiger partial charge is 0.508 e. The lowest BCUT2D eigenvalue weighted by Crippen LogP contribution is -2.45. The van der Waals surface area contributed by atoms with Gasteiger partial charge < -0.3 is 20.1 Å². The summed E-state index contributed by atoms with van der Waals surface area (Å²) in [6.07, 6.45) is 2.34. The van der Waals surface area contributed by atoms with E-state index in [-0.39, 0.29) is 29.7 Å². The van der Waals surface area contributed by atoms with E-state index in [0.717, 1.165) is 24.0 Å². The second-order valence-electron chi connectivity index (χ2n) is 6.82. The lowest BCUT2D eigenvalue weighted by Gasteiger charge is -2.23. The predicted molar refractivity (Wildman–Crippen MR) is 93.5 cm³/mol. The quantitative estimate of drug-likeness (QED) is 0.874. The van der Waals surface area contributed by atoms with Crippen molar-refractivity contribution < 1.29 is 14.6 Å². The smallest absolute Gasteiger partial charge is 0.240 e. The number of amides is 1. The third-order valence-corrected chi connectivity index (χ3v) is 5.16. The Morgan fingerprint density at radius 1 is 1.52 bits per heavy atom. The Bertz CT molecular complexity index is 698. The first-order valence-electron chi connectivity index (χ1n) is 8.95. The van der Waals surface area contributed by atoms with Gasteiger partial charge in [0.1, 0.15) is 17.5 Å². The Balaban J connectivity index is 1.77. The third-order valence-electron chi connectivity index (χ3n) is 5.16. The van der Waals surface area contributed by atoms with Crippen molar-refractivity contribution in [2.45, 2.75) is 51.1 Å². The van der Waals surface area contributed by atoms with Crippen LogP contribution in [0.2, 0.25) is 0 Å². The van der Waals surface area contributed by atoms with Gasteiger partial charge in [0.15, 0.2) is 0 Å². The number of nitrogens with zero attached hydrogens (tertiary/aromatic N) is 2. The van der Waals surface area contributed by atoms with Gasteiger partial charge in [0.2, 0.25) is 5.91 Å². The van der Waals surface area contributed by atoms with Gasteiger partial charge in [-0.1, -0.05) is 0 Å². The van der Waals surface area contributed by atoms with Gasteiger partial charge in [0.25, 0.3) is 0 Å². The summed E-state index contributed by atoms with van der Waals surface area (Å²) < 4.78 is 5.71. The fraction of sp³-hybridized carbons (Fsp3) is 0.579. The van der Waals surface area contributed by atoms with Crippen molar-refractivity contribution in [1.29, 1.82) is 5.26 Å². The highest BCUT2D eigenvalue weighted by atomic mass is 16.5. The molecule has 2 N–H and O–H groups in total. The van der Waals surface area contributed by atoms with E-state index in [9.17, 15) is 15.2 Å². The lowest BCUT2D eigenvalue weighted by molar-refractivity contribution is -0.133. The molecule has 0 aromatic heterocycles. The van der Waals surface area contributed by atoms with Crippen LogP contribution in [-0.2, 0) is 4.79 Å². The fourth-order valence-electron chi connectivity index (χ4n) is 4.05. The number of rotatable bonds is 4. The summed E-state index contributed by atoms with van der Waals surface area (Å²) in [7, 11) is 0. The van der Waals surface area contributed by atoms with Gasteiger partial charge in [-0.25, -0.2) is 0 Å². The van der Waals surface area contributed by atoms with Crippen molar-refractivity contribution in [3.8, 4) is 17.6 Å². The highest BCUT2D eigenvalue weighted by molar-refractivity contribution is 5.83. The molecular weight excluding hydrogens is 318 g/mol. The molecule has 6 heteroatoms. The van der Waals surface area contributed by atoms with E-state index in [1.54, 1.807) is 17.0 Å². The van der Waals surface area contributed by atoms with Crippen LogP contribution in [0.15, 0.2) is 12.1 Å². The molecule has 134 valence electrons. The number of hydrogen-bond donors (Lipinski definition) is 2. The number of benzene rings is 1. The molecule has 2 fully saturated rings. The minimum absolute atomic E-state index is 0.0286. The second kappa shape index (κ2) is 7.32. The molecule has 0 unspecified atom stereocenters. The van der Waals surface area contributed by atoms with Crippen LogP contribution >= 0.6 is 0 Å². The summed E-state index contributed by atoms with van der Waals surface area (Å²) in [5.41, 5.74) is 2.03. The van der Waals surface area contributed by atoms with Gasteiger partial charge in [-0.3, -0.25) is 4.79 Å². The highest BCUT2D eigenvalue weighted by Crippen LogP contribution is 2.38. The molecule has 0 spiro atoms. The van der Waals surface area contributed by atoms with Crippen molar-refractivity contribution in [2.75, 3.05) is 19.7 Å². The molecule has 1 aromatic rings. The van der Waals surface area contributed by atoms with Crippen LogP contribution in [0.4, 0.5) is 0 Å². The van der Waals surface area contributed by atoms with Crippen molar-refractivity contribution in [3.63, 3.8) is 0 Å². The topological polar surface area (TPSA) is 85.6 Å². The molecule has 0 saturated carbocycles. The summed E-state index contributed by atoms with van der Waals surface area (Å²) in [6, 6.07) is 5.06. The Morgan fingerprint density at radius 2 is 2.32 bits per heavy atom. The molecule has 0 radical (unpaired) electrons. The van der Waals surface area contributed by atoms with E-state index in [1.165, 1.54) is 0 Å². The van der Waals surface area contributed by atoms with Gasteiger partial charge in [0, 0.05) is 30.6 Å². The number of hydrogen-bond acceptors (Lipinski definition) is 5. The maximum Gasteiger partial charge on any atom is 0.240 e. The fourth-order valence-corrected chi connectivity index (χ4v) is 4.05.